The molecule has 0 fully saturated rings. The van der Waals surface area contributed by atoms with Crippen molar-refractivity contribution >= 4 is 23.2 Å². The lowest BCUT2D eigenvalue weighted by Gasteiger charge is -2.23. The number of aromatic nitrogens is 2. The van der Waals surface area contributed by atoms with Crippen molar-refractivity contribution in [1.82, 2.24) is 15.3 Å². The molecule has 1 unspecified atom stereocenters. The number of pyridine rings is 2. The number of nitrogens with one attached hydrogen (secondary N) is 3. The maximum atomic E-state index is 14.0. The molecule has 2 aromatic rings. The summed E-state index contributed by atoms with van der Waals surface area (Å²) in [6.07, 6.45) is -0.224. The molecule has 0 saturated heterocycles. The van der Waals surface area contributed by atoms with Gasteiger partial charge < -0.3 is 21.1 Å². The van der Waals surface area contributed by atoms with Gasteiger partial charge in [-0.2, -0.15) is 5.26 Å². The second-order valence-corrected chi connectivity index (χ2v) is 7.81. The molecule has 0 saturated carbocycles. The van der Waals surface area contributed by atoms with Crippen LogP contribution in [0.4, 0.5) is 21.7 Å². The number of nitriles is 1. The van der Waals surface area contributed by atoms with Crippen LogP contribution in [0.25, 0.3) is 0 Å². The van der Waals surface area contributed by atoms with Crippen LogP contribution in [0.1, 0.15) is 49.3 Å². The average molecular weight is 414 g/mol. The number of nitrogens with zero attached hydrogens (tertiary/aromatic N) is 3. The number of alkyl halides is 1. The first-order valence-electron chi connectivity index (χ1n) is 9.57. The molecular formula is C21H27FN6O2. The standard InChI is InChI=1S/C21H27FN6O2/c1-12(2)26-16-8-19(28-18-7-6-14(9-23)13(3)27-18)24-10-15(16)20(29)25-11-17(22)21(4,5)30/h6-8,10,12,17,30H,11H2,1-5H3,(H,25,29)(H2,24,26,27,28). The molecule has 4 N–H and O–H groups in total. The molecule has 160 valence electrons. The molecular weight excluding hydrogens is 387 g/mol. The topological polar surface area (TPSA) is 123 Å². The molecule has 0 aromatic carbocycles. The third-order valence-electron chi connectivity index (χ3n) is 4.26. The van der Waals surface area contributed by atoms with Crippen molar-refractivity contribution in [2.45, 2.75) is 52.4 Å². The number of aryl methyl sites for hydroxylation is 1. The van der Waals surface area contributed by atoms with Crippen molar-refractivity contribution in [3.63, 3.8) is 0 Å². The van der Waals surface area contributed by atoms with Gasteiger partial charge in [-0.3, -0.25) is 4.79 Å². The number of hydrogen-bond acceptors (Lipinski definition) is 7. The van der Waals surface area contributed by atoms with Crippen molar-refractivity contribution < 1.29 is 14.3 Å². The largest absolute Gasteiger partial charge is 0.387 e. The van der Waals surface area contributed by atoms with Gasteiger partial charge in [0.05, 0.1) is 34.7 Å². The van der Waals surface area contributed by atoms with Crippen LogP contribution in [0.15, 0.2) is 24.4 Å². The van der Waals surface area contributed by atoms with Crippen LogP contribution in [0.5, 0.6) is 0 Å². The van der Waals surface area contributed by atoms with E-state index in [1.54, 1.807) is 25.1 Å². The molecule has 0 aliphatic carbocycles. The van der Waals surface area contributed by atoms with E-state index in [0.29, 0.717) is 28.6 Å². The van der Waals surface area contributed by atoms with Gasteiger partial charge in [-0.1, -0.05) is 0 Å². The van der Waals surface area contributed by atoms with Gasteiger partial charge in [0, 0.05) is 18.3 Å². The number of carbonyl (C=O) groups excluding carboxylic acids is 1. The number of hydrogen-bond donors (Lipinski definition) is 4. The third kappa shape index (κ3) is 6.12. The maximum Gasteiger partial charge on any atom is 0.255 e. The normalized spacial score (nSPS) is 12.2. The lowest BCUT2D eigenvalue weighted by atomic mass is 10.0. The molecule has 0 aliphatic rings. The summed E-state index contributed by atoms with van der Waals surface area (Å²) in [6.45, 7) is 7.95. The molecule has 2 aromatic heterocycles. The molecule has 30 heavy (non-hydrogen) atoms. The Bertz CT molecular complexity index is 949. The highest BCUT2D eigenvalue weighted by atomic mass is 19.1. The number of aliphatic hydroxyl groups is 1. The van der Waals surface area contributed by atoms with Crippen LogP contribution in [0, 0.1) is 18.3 Å². The zero-order valence-corrected chi connectivity index (χ0v) is 17.7. The minimum atomic E-state index is -1.61. The lowest BCUT2D eigenvalue weighted by molar-refractivity contribution is -0.00177. The fourth-order valence-electron chi connectivity index (χ4n) is 2.54. The maximum absolute atomic E-state index is 14.0. The summed E-state index contributed by atoms with van der Waals surface area (Å²) in [5.74, 6) is 0.458. The fourth-order valence-corrected chi connectivity index (χ4v) is 2.54. The summed E-state index contributed by atoms with van der Waals surface area (Å²) in [4.78, 5) is 21.1. The molecule has 0 bridgehead atoms. The Morgan fingerprint density at radius 3 is 2.60 bits per heavy atom. The van der Waals surface area contributed by atoms with Crippen molar-refractivity contribution in [1.29, 1.82) is 5.26 Å². The highest BCUT2D eigenvalue weighted by molar-refractivity contribution is 5.99. The zero-order valence-electron chi connectivity index (χ0n) is 17.7. The molecule has 2 heterocycles. The molecule has 2 rings (SSSR count). The second kappa shape index (κ2) is 9.50. The van der Waals surface area contributed by atoms with E-state index in [-0.39, 0.29) is 18.2 Å². The first kappa shape index (κ1) is 23.0. The van der Waals surface area contributed by atoms with Crippen molar-refractivity contribution in [3.05, 3.63) is 41.2 Å². The highest BCUT2D eigenvalue weighted by Crippen LogP contribution is 2.23. The number of anilines is 3. The summed E-state index contributed by atoms with van der Waals surface area (Å²) in [7, 11) is 0. The number of carbonyl (C=O) groups is 1. The van der Waals surface area contributed by atoms with Crippen LogP contribution in [0.3, 0.4) is 0 Å². The van der Waals surface area contributed by atoms with E-state index in [2.05, 4.69) is 32.0 Å². The van der Waals surface area contributed by atoms with E-state index < -0.39 is 17.7 Å². The van der Waals surface area contributed by atoms with E-state index in [9.17, 15) is 14.3 Å². The van der Waals surface area contributed by atoms with Crippen LogP contribution < -0.4 is 16.0 Å². The first-order valence-corrected chi connectivity index (χ1v) is 9.57. The fraction of sp³-hybridized carbons (Fsp3) is 0.429. The van der Waals surface area contributed by atoms with Gasteiger partial charge in [-0.15, -0.1) is 0 Å². The summed E-state index contributed by atoms with van der Waals surface area (Å²) in [5, 5.41) is 27.4. The minimum Gasteiger partial charge on any atom is -0.387 e. The molecule has 9 heteroatoms. The average Bonchev–Trinajstić information content (AvgIpc) is 2.65. The predicted octanol–water partition coefficient (Wildman–Crippen LogP) is 3.06. The summed E-state index contributed by atoms with van der Waals surface area (Å²) >= 11 is 0. The van der Waals surface area contributed by atoms with Gasteiger partial charge >= 0.3 is 0 Å². The van der Waals surface area contributed by atoms with E-state index in [4.69, 9.17) is 5.26 Å². The molecule has 1 atom stereocenters. The minimum absolute atomic E-state index is 0.0346. The molecule has 0 radical (unpaired) electrons. The van der Waals surface area contributed by atoms with E-state index in [1.165, 1.54) is 20.0 Å². The van der Waals surface area contributed by atoms with Gasteiger partial charge in [-0.05, 0) is 46.8 Å². The van der Waals surface area contributed by atoms with Crippen LogP contribution in [-0.4, -0.2) is 45.3 Å². The SMILES string of the molecule is Cc1nc(Nc2cc(NC(C)C)c(C(=O)NCC(F)C(C)(C)O)cn2)ccc1C#N. The van der Waals surface area contributed by atoms with Gasteiger partial charge in [0.15, 0.2) is 0 Å². The van der Waals surface area contributed by atoms with E-state index >= 15 is 0 Å². The Morgan fingerprint density at radius 1 is 1.33 bits per heavy atom. The van der Waals surface area contributed by atoms with Crippen molar-refractivity contribution in [2.24, 2.45) is 0 Å². The summed E-state index contributed by atoms with van der Waals surface area (Å²) in [6, 6.07) is 7.09. The Balaban J connectivity index is 2.23. The van der Waals surface area contributed by atoms with Gasteiger partial charge in [-0.25, -0.2) is 14.4 Å². The monoisotopic (exact) mass is 414 g/mol. The van der Waals surface area contributed by atoms with Gasteiger partial charge in [0.1, 0.15) is 23.9 Å². The quantitative estimate of drug-likeness (QED) is 0.523. The van der Waals surface area contributed by atoms with Crippen molar-refractivity contribution in [2.75, 3.05) is 17.2 Å². The Hall–Kier alpha value is -3.25. The van der Waals surface area contributed by atoms with E-state index in [0.717, 1.165) is 0 Å². The molecule has 0 aliphatic heterocycles. The number of halogens is 1. The van der Waals surface area contributed by atoms with Crippen LogP contribution >= 0.6 is 0 Å². The second-order valence-electron chi connectivity index (χ2n) is 7.81. The summed E-state index contributed by atoms with van der Waals surface area (Å²) in [5.41, 5.74) is 0.293. The Morgan fingerprint density at radius 2 is 2.03 bits per heavy atom. The zero-order chi connectivity index (χ0) is 22.5. The number of rotatable bonds is 8. The smallest absolute Gasteiger partial charge is 0.255 e. The first-order chi connectivity index (χ1) is 14.0. The molecule has 0 spiro atoms. The van der Waals surface area contributed by atoms with Gasteiger partial charge in [0.25, 0.3) is 5.91 Å². The molecule has 8 nitrogen and oxygen atoms in total. The lowest BCUT2D eigenvalue weighted by Crippen LogP contribution is -2.42. The number of amides is 1. The van der Waals surface area contributed by atoms with Crippen LogP contribution in [0.2, 0.25) is 0 Å². The van der Waals surface area contributed by atoms with Crippen molar-refractivity contribution in [3.8, 4) is 6.07 Å². The Kier molecular flexibility index (Phi) is 7.29. The van der Waals surface area contributed by atoms with Gasteiger partial charge in [0.2, 0.25) is 0 Å². The van der Waals surface area contributed by atoms with E-state index in [1.807, 2.05) is 13.8 Å². The van der Waals surface area contributed by atoms with Crippen LogP contribution in [-0.2, 0) is 0 Å². The highest BCUT2D eigenvalue weighted by Gasteiger charge is 2.27. The Labute approximate surface area is 175 Å². The summed E-state index contributed by atoms with van der Waals surface area (Å²) < 4.78 is 14.0. The third-order valence-corrected chi connectivity index (χ3v) is 4.26. The molecule has 1 amide bonds. The predicted molar refractivity (Wildman–Crippen MR) is 113 cm³/mol.